The number of aromatic nitrogens is 2. The summed E-state index contributed by atoms with van der Waals surface area (Å²) in [5.41, 5.74) is 9.48. The van der Waals surface area contributed by atoms with Gasteiger partial charge in [-0.15, -0.1) is 0 Å². The number of hydrogen-bond acceptors (Lipinski definition) is 2. The van der Waals surface area contributed by atoms with E-state index in [-0.39, 0.29) is 0 Å². The highest BCUT2D eigenvalue weighted by Gasteiger charge is 2.17. The van der Waals surface area contributed by atoms with Crippen molar-refractivity contribution in [2.24, 2.45) is 11.7 Å². The van der Waals surface area contributed by atoms with E-state index in [9.17, 15) is 0 Å². The molecule has 1 atom stereocenters. The van der Waals surface area contributed by atoms with E-state index in [1.165, 1.54) is 11.1 Å². The van der Waals surface area contributed by atoms with Crippen LogP contribution in [0.2, 0.25) is 0 Å². The Labute approximate surface area is 109 Å². The Balaban J connectivity index is 2.41. The van der Waals surface area contributed by atoms with Crippen LogP contribution in [-0.2, 0) is 0 Å². The third kappa shape index (κ3) is 2.46. The van der Waals surface area contributed by atoms with Crippen molar-refractivity contribution >= 4 is 0 Å². The van der Waals surface area contributed by atoms with Gasteiger partial charge in [0.25, 0.3) is 0 Å². The summed E-state index contributed by atoms with van der Waals surface area (Å²) in [7, 11) is 0. The summed E-state index contributed by atoms with van der Waals surface area (Å²) in [5, 5.41) is 0. The summed E-state index contributed by atoms with van der Waals surface area (Å²) in [4.78, 5) is 4.28. The smallest absolute Gasteiger partial charge is 0.0954 e. The number of aryl methyl sites for hydroxylation is 1. The number of imidazole rings is 1. The predicted molar refractivity (Wildman–Crippen MR) is 75.3 cm³/mol. The SMILES string of the molecule is Cc1ccc(-c2cncn2C(CN)C(C)C)cc1. The third-order valence-corrected chi connectivity index (χ3v) is 3.38. The zero-order valence-electron chi connectivity index (χ0n) is 11.3. The van der Waals surface area contributed by atoms with Gasteiger partial charge in [0.1, 0.15) is 0 Å². The molecule has 3 heteroatoms. The van der Waals surface area contributed by atoms with E-state index in [0.29, 0.717) is 18.5 Å². The zero-order chi connectivity index (χ0) is 13.1. The topological polar surface area (TPSA) is 43.8 Å². The van der Waals surface area contributed by atoms with Gasteiger partial charge in [0.05, 0.1) is 18.2 Å². The van der Waals surface area contributed by atoms with Gasteiger partial charge in [-0.2, -0.15) is 0 Å². The maximum absolute atomic E-state index is 5.89. The lowest BCUT2D eigenvalue weighted by Gasteiger charge is -2.23. The molecule has 18 heavy (non-hydrogen) atoms. The van der Waals surface area contributed by atoms with Crippen molar-refractivity contribution in [3.8, 4) is 11.3 Å². The lowest BCUT2D eigenvalue weighted by Crippen LogP contribution is -2.24. The van der Waals surface area contributed by atoms with Gasteiger partial charge in [-0.1, -0.05) is 43.7 Å². The molecule has 0 amide bonds. The Bertz CT molecular complexity index is 497. The van der Waals surface area contributed by atoms with Crippen molar-refractivity contribution < 1.29 is 0 Å². The molecule has 0 aliphatic rings. The van der Waals surface area contributed by atoms with Crippen LogP contribution < -0.4 is 5.73 Å². The summed E-state index contributed by atoms with van der Waals surface area (Å²) in [5.74, 6) is 0.494. The Morgan fingerprint density at radius 3 is 2.44 bits per heavy atom. The van der Waals surface area contributed by atoms with Crippen LogP contribution in [-0.4, -0.2) is 16.1 Å². The number of benzene rings is 1. The van der Waals surface area contributed by atoms with Crippen LogP contribution in [0, 0.1) is 12.8 Å². The fourth-order valence-electron chi connectivity index (χ4n) is 2.22. The van der Waals surface area contributed by atoms with Crippen LogP contribution >= 0.6 is 0 Å². The van der Waals surface area contributed by atoms with Gasteiger partial charge in [-0.05, 0) is 18.4 Å². The molecular formula is C15H21N3. The number of nitrogens with zero attached hydrogens (tertiary/aromatic N) is 2. The van der Waals surface area contributed by atoms with Crippen LogP contribution in [0.15, 0.2) is 36.8 Å². The average Bonchev–Trinajstić information content (AvgIpc) is 2.79. The zero-order valence-corrected chi connectivity index (χ0v) is 11.3. The molecule has 96 valence electrons. The molecule has 3 nitrogen and oxygen atoms in total. The molecule has 0 saturated heterocycles. The quantitative estimate of drug-likeness (QED) is 0.897. The predicted octanol–water partition coefficient (Wildman–Crippen LogP) is 3.01. The van der Waals surface area contributed by atoms with E-state index >= 15 is 0 Å². The van der Waals surface area contributed by atoms with Crippen LogP contribution in [0.25, 0.3) is 11.3 Å². The van der Waals surface area contributed by atoms with Crippen molar-refractivity contribution in [1.82, 2.24) is 9.55 Å². The first kappa shape index (κ1) is 12.8. The number of hydrogen-bond donors (Lipinski definition) is 1. The minimum Gasteiger partial charge on any atom is -0.328 e. The first-order valence-corrected chi connectivity index (χ1v) is 6.42. The van der Waals surface area contributed by atoms with Crippen LogP contribution in [0.4, 0.5) is 0 Å². The molecule has 1 aromatic carbocycles. The Kier molecular flexibility index (Phi) is 3.82. The van der Waals surface area contributed by atoms with Crippen molar-refractivity contribution in [3.05, 3.63) is 42.4 Å². The molecular weight excluding hydrogens is 222 g/mol. The normalized spacial score (nSPS) is 12.9. The van der Waals surface area contributed by atoms with Crippen LogP contribution in [0.5, 0.6) is 0 Å². The standard InChI is InChI=1S/C15H21N3/c1-11(2)14(8-16)18-10-17-9-15(18)13-6-4-12(3)5-7-13/h4-7,9-11,14H,8,16H2,1-3H3. The number of nitrogens with two attached hydrogens (primary N) is 1. The summed E-state index contributed by atoms with van der Waals surface area (Å²) in [6.07, 6.45) is 3.79. The van der Waals surface area contributed by atoms with E-state index in [1.54, 1.807) is 0 Å². The molecule has 2 N–H and O–H groups in total. The Hall–Kier alpha value is -1.61. The van der Waals surface area contributed by atoms with Gasteiger partial charge in [-0.25, -0.2) is 4.98 Å². The van der Waals surface area contributed by atoms with Gasteiger partial charge in [0.15, 0.2) is 0 Å². The minimum atomic E-state index is 0.295. The second kappa shape index (κ2) is 5.36. The van der Waals surface area contributed by atoms with Gasteiger partial charge in [0.2, 0.25) is 0 Å². The van der Waals surface area contributed by atoms with E-state index in [0.717, 1.165) is 5.69 Å². The van der Waals surface area contributed by atoms with Crippen molar-refractivity contribution in [1.29, 1.82) is 0 Å². The minimum absolute atomic E-state index is 0.295. The van der Waals surface area contributed by atoms with Gasteiger partial charge in [-0.3, -0.25) is 0 Å². The van der Waals surface area contributed by atoms with Crippen LogP contribution in [0.1, 0.15) is 25.5 Å². The van der Waals surface area contributed by atoms with E-state index in [1.807, 2.05) is 12.5 Å². The maximum Gasteiger partial charge on any atom is 0.0954 e. The molecule has 1 unspecified atom stereocenters. The molecule has 1 aromatic heterocycles. The Morgan fingerprint density at radius 1 is 1.22 bits per heavy atom. The molecule has 0 fully saturated rings. The van der Waals surface area contributed by atoms with Crippen molar-refractivity contribution in [2.75, 3.05) is 6.54 Å². The van der Waals surface area contributed by atoms with Crippen molar-refractivity contribution in [3.63, 3.8) is 0 Å². The van der Waals surface area contributed by atoms with Gasteiger partial charge >= 0.3 is 0 Å². The van der Waals surface area contributed by atoms with E-state index in [2.05, 4.69) is 54.6 Å². The Morgan fingerprint density at radius 2 is 1.89 bits per heavy atom. The molecule has 0 radical (unpaired) electrons. The fourth-order valence-corrected chi connectivity index (χ4v) is 2.22. The monoisotopic (exact) mass is 243 g/mol. The second-order valence-electron chi connectivity index (χ2n) is 5.10. The van der Waals surface area contributed by atoms with E-state index < -0.39 is 0 Å². The molecule has 2 rings (SSSR count). The van der Waals surface area contributed by atoms with Gasteiger partial charge in [0, 0.05) is 12.6 Å². The number of rotatable bonds is 4. The molecule has 2 aromatic rings. The molecule has 0 bridgehead atoms. The lowest BCUT2D eigenvalue weighted by molar-refractivity contribution is 0.387. The maximum atomic E-state index is 5.89. The second-order valence-corrected chi connectivity index (χ2v) is 5.10. The summed E-state index contributed by atoms with van der Waals surface area (Å²) >= 11 is 0. The lowest BCUT2D eigenvalue weighted by atomic mass is 10.0. The molecule has 0 spiro atoms. The van der Waals surface area contributed by atoms with E-state index in [4.69, 9.17) is 5.73 Å². The highest BCUT2D eigenvalue weighted by molar-refractivity contribution is 5.59. The third-order valence-electron chi connectivity index (χ3n) is 3.38. The average molecular weight is 243 g/mol. The largest absolute Gasteiger partial charge is 0.328 e. The highest BCUT2D eigenvalue weighted by atomic mass is 15.1. The molecule has 0 aliphatic heterocycles. The summed E-state index contributed by atoms with van der Waals surface area (Å²) in [6.45, 7) is 7.11. The highest BCUT2D eigenvalue weighted by Crippen LogP contribution is 2.26. The molecule has 0 saturated carbocycles. The van der Waals surface area contributed by atoms with Gasteiger partial charge < -0.3 is 10.3 Å². The summed E-state index contributed by atoms with van der Waals surface area (Å²) < 4.78 is 2.19. The molecule has 0 aliphatic carbocycles. The summed E-state index contributed by atoms with van der Waals surface area (Å²) in [6, 6.07) is 8.82. The molecule has 1 heterocycles. The van der Waals surface area contributed by atoms with Crippen LogP contribution in [0.3, 0.4) is 0 Å². The fraction of sp³-hybridized carbons (Fsp3) is 0.400. The van der Waals surface area contributed by atoms with Crippen molar-refractivity contribution in [2.45, 2.75) is 26.8 Å². The first-order chi connectivity index (χ1) is 8.63. The first-order valence-electron chi connectivity index (χ1n) is 6.42.